The van der Waals surface area contributed by atoms with Crippen LogP contribution < -0.4 is 5.56 Å². The zero-order valence-electron chi connectivity index (χ0n) is 16.7. The third kappa shape index (κ3) is 3.99. The number of carbonyl (C=O) groups is 1. The number of amides is 1. The first-order valence-electron chi connectivity index (χ1n) is 9.94. The van der Waals surface area contributed by atoms with E-state index in [-0.39, 0.29) is 17.9 Å². The number of nitrogens with zero attached hydrogens (tertiary/aromatic N) is 3. The summed E-state index contributed by atoms with van der Waals surface area (Å²) in [7, 11) is 0. The standard InChI is InChI=1S/C22H25N5O2/c1-14-5-3-4-6-18(14)19-13-24-26-21(19)16-7-9-27(10-8-16)20(28)11-17-12-23-15(2)25-22(17)29/h3-6,12-13,16H,7-11H2,1-2H3,(H,24,26)(H,23,25,29). The zero-order valence-corrected chi connectivity index (χ0v) is 16.7. The molecular formula is C22H25N5O2. The molecule has 3 heterocycles. The zero-order chi connectivity index (χ0) is 20.4. The van der Waals surface area contributed by atoms with Crippen LogP contribution in [0, 0.1) is 13.8 Å². The normalized spacial score (nSPS) is 14.9. The van der Waals surface area contributed by atoms with Gasteiger partial charge in [0.05, 0.1) is 12.6 Å². The fourth-order valence-electron chi connectivity index (χ4n) is 4.03. The molecule has 2 aromatic heterocycles. The van der Waals surface area contributed by atoms with Crippen molar-refractivity contribution in [3.63, 3.8) is 0 Å². The molecule has 150 valence electrons. The summed E-state index contributed by atoms with van der Waals surface area (Å²) in [5.41, 5.74) is 4.88. The Balaban J connectivity index is 1.43. The fourth-order valence-corrected chi connectivity index (χ4v) is 4.03. The molecule has 1 saturated heterocycles. The molecule has 1 aliphatic heterocycles. The van der Waals surface area contributed by atoms with E-state index in [1.807, 2.05) is 23.2 Å². The maximum Gasteiger partial charge on any atom is 0.254 e. The molecule has 0 saturated carbocycles. The number of piperidine rings is 1. The van der Waals surface area contributed by atoms with Crippen molar-refractivity contribution < 1.29 is 4.79 Å². The highest BCUT2D eigenvalue weighted by Gasteiger charge is 2.27. The van der Waals surface area contributed by atoms with Crippen LogP contribution >= 0.6 is 0 Å². The lowest BCUT2D eigenvalue weighted by Gasteiger charge is -2.32. The van der Waals surface area contributed by atoms with Gasteiger partial charge in [-0.1, -0.05) is 24.3 Å². The third-order valence-corrected chi connectivity index (χ3v) is 5.70. The van der Waals surface area contributed by atoms with Crippen LogP contribution in [-0.4, -0.2) is 44.1 Å². The van der Waals surface area contributed by atoms with Crippen LogP contribution in [0.15, 0.2) is 41.5 Å². The Bertz CT molecular complexity index is 1080. The van der Waals surface area contributed by atoms with E-state index in [0.717, 1.165) is 24.1 Å². The molecule has 4 rings (SSSR count). The van der Waals surface area contributed by atoms with Gasteiger partial charge in [0.2, 0.25) is 5.91 Å². The Morgan fingerprint density at radius 3 is 2.62 bits per heavy atom. The lowest BCUT2D eigenvalue weighted by atomic mass is 9.88. The lowest BCUT2D eigenvalue weighted by molar-refractivity contribution is -0.131. The Morgan fingerprint density at radius 1 is 1.14 bits per heavy atom. The summed E-state index contributed by atoms with van der Waals surface area (Å²) in [6.45, 7) is 5.17. The molecular weight excluding hydrogens is 366 g/mol. The van der Waals surface area contributed by atoms with Crippen molar-refractivity contribution in [1.29, 1.82) is 0 Å². The van der Waals surface area contributed by atoms with Gasteiger partial charge in [-0.3, -0.25) is 14.7 Å². The van der Waals surface area contributed by atoms with Gasteiger partial charge in [0.15, 0.2) is 0 Å². The highest BCUT2D eigenvalue weighted by Crippen LogP contribution is 2.35. The summed E-state index contributed by atoms with van der Waals surface area (Å²) in [6, 6.07) is 8.31. The third-order valence-electron chi connectivity index (χ3n) is 5.70. The summed E-state index contributed by atoms with van der Waals surface area (Å²) in [4.78, 5) is 33.2. The monoisotopic (exact) mass is 391 g/mol. The molecule has 7 heteroatoms. The van der Waals surface area contributed by atoms with Gasteiger partial charge in [-0.05, 0) is 37.8 Å². The molecule has 0 radical (unpaired) electrons. The van der Waals surface area contributed by atoms with E-state index in [1.165, 1.54) is 17.3 Å². The molecule has 1 aromatic carbocycles. The van der Waals surface area contributed by atoms with Crippen molar-refractivity contribution in [2.24, 2.45) is 0 Å². The van der Waals surface area contributed by atoms with Crippen molar-refractivity contribution in [3.8, 4) is 11.1 Å². The molecule has 3 aromatic rings. The molecule has 0 atom stereocenters. The second-order valence-corrected chi connectivity index (χ2v) is 7.67. The van der Waals surface area contributed by atoms with E-state index < -0.39 is 0 Å². The summed E-state index contributed by atoms with van der Waals surface area (Å²) < 4.78 is 0. The average molecular weight is 391 g/mol. The van der Waals surface area contributed by atoms with Gasteiger partial charge >= 0.3 is 0 Å². The van der Waals surface area contributed by atoms with Gasteiger partial charge in [-0.2, -0.15) is 5.10 Å². The maximum absolute atomic E-state index is 12.7. The Kier molecular flexibility index (Phi) is 5.29. The number of aryl methyl sites for hydroxylation is 2. The van der Waals surface area contributed by atoms with E-state index >= 15 is 0 Å². The summed E-state index contributed by atoms with van der Waals surface area (Å²) in [6.07, 6.45) is 5.22. The van der Waals surface area contributed by atoms with Crippen molar-refractivity contribution in [2.45, 2.75) is 39.0 Å². The van der Waals surface area contributed by atoms with Gasteiger partial charge in [0.1, 0.15) is 5.82 Å². The topological polar surface area (TPSA) is 94.7 Å². The minimum atomic E-state index is -0.235. The van der Waals surface area contributed by atoms with E-state index in [4.69, 9.17) is 0 Å². The SMILES string of the molecule is Cc1ncc(CC(=O)N2CCC(c3[nH]ncc3-c3ccccc3C)CC2)c(=O)[nH]1. The van der Waals surface area contributed by atoms with Crippen LogP contribution in [0.5, 0.6) is 0 Å². The predicted molar refractivity (Wildman–Crippen MR) is 111 cm³/mol. The summed E-state index contributed by atoms with van der Waals surface area (Å²) in [5.74, 6) is 0.861. The largest absolute Gasteiger partial charge is 0.342 e. The Morgan fingerprint density at radius 2 is 1.90 bits per heavy atom. The van der Waals surface area contributed by atoms with Gasteiger partial charge < -0.3 is 9.88 Å². The molecule has 1 fully saturated rings. The number of rotatable bonds is 4. The van der Waals surface area contributed by atoms with Crippen LogP contribution in [0.2, 0.25) is 0 Å². The van der Waals surface area contributed by atoms with E-state index in [2.05, 4.69) is 39.2 Å². The van der Waals surface area contributed by atoms with E-state index in [1.54, 1.807) is 6.92 Å². The van der Waals surface area contributed by atoms with Crippen molar-refractivity contribution in [3.05, 3.63) is 69.7 Å². The van der Waals surface area contributed by atoms with Crippen LogP contribution in [0.4, 0.5) is 0 Å². The summed E-state index contributed by atoms with van der Waals surface area (Å²) >= 11 is 0. The molecule has 29 heavy (non-hydrogen) atoms. The Hall–Kier alpha value is -3.22. The fraction of sp³-hybridized carbons (Fsp3) is 0.364. The predicted octanol–water partition coefficient (Wildman–Crippen LogP) is 2.73. The number of aromatic nitrogens is 4. The molecule has 1 aliphatic rings. The molecule has 0 bridgehead atoms. The molecule has 0 unspecified atom stereocenters. The number of hydrogen-bond acceptors (Lipinski definition) is 4. The number of nitrogens with one attached hydrogen (secondary N) is 2. The molecule has 0 spiro atoms. The number of likely N-dealkylation sites (tertiary alicyclic amines) is 1. The van der Waals surface area contributed by atoms with Gasteiger partial charge in [-0.15, -0.1) is 0 Å². The second-order valence-electron chi connectivity index (χ2n) is 7.67. The molecule has 7 nitrogen and oxygen atoms in total. The first kappa shape index (κ1) is 19.1. The Labute approximate surface area is 169 Å². The highest BCUT2D eigenvalue weighted by atomic mass is 16.2. The van der Waals surface area contributed by atoms with Gasteiger partial charge in [0, 0.05) is 42.0 Å². The van der Waals surface area contributed by atoms with Crippen LogP contribution in [-0.2, 0) is 11.2 Å². The molecule has 1 amide bonds. The highest BCUT2D eigenvalue weighted by molar-refractivity contribution is 5.78. The number of carbonyl (C=O) groups excluding carboxylic acids is 1. The number of benzene rings is 1. The molecule has 0 aliphatic carbocycles. The van der Waals surface area contributed by atoms with E-state index in [0.29, 0.717) is 30.4 Å². The van der Waals surface area contributed by atoms with Crippen LogP contribution in [0.3, 0.4) is 0 Å². The van der Waals surface area contributed by atoms with Crippen molar-refractivity contribution >= 4 is 5.91 Å². The number of hydrogen-bond donors (Lipinski definition) is 2. The van der Waals surface area contributed by atoms with Gasteiger partial charge in [-0.25, -0.2) is 4.98 Å². The van der Waals surface area contributed by atoms with Crippen molar-refractivity contribution in [2.75, 3.05) is 13.1 Å². The first-order chi connectivity index (χ1) is 14.0. The molecule has 2 N–H and O–H groups in total. The minimum Gasteiger partial charge on any atom is -0.342 e. The number of H-pyrrole nitrogens is 2. The van der Waals surface area contributed by atoms with Crippen LogP contribution in [0.1, 0.15) is 41.4 Å². The van der Waals surface area contributed by atoms with Crippen LogP contribution in [0.25, 0.3) is 11.1 Å². The first-order valence-corrected chi connectivity index (χ1v) is 9.94. The van der Waals surface area contributed by atoms with Crippen molar-refractivity contribution in [1.82, 2.24) is 25.1 Å². The van der Waals surface area contributed by atoms with Gasteiger partial charge in [0.25, 0.3) is 5.56 Å². The second kappa shape index (κ2) is 8.03. The smallest absolute Gasteiger partial charge is 0.254 e. The minimum absolute atomic E-state index is 0.0247. The summed E-state index contributed by atoms with van der Waals surface area (Å²) in [5, 5.41) is 7.48. The van der Waals surface area contributed by atoms with E-state index in [9.17, 15) is 9.59 Å². The average Bonchev–Trinajstić information content (AvgIpc) is 3.20. The maximum atomic E-state index is 12.7. The number of aromatic amines is 2. The quantitative estimate of drug-likeness (QED) is 0.715. The lowest BCUT2D eigenvalue weighted by Crippen LogP contribution is -2.39.